The Kier molecular flexibility index (Phi) is 5.05. The van der Waals surface area contributed by atoms with E-state index in [1.165, 1.54) is 87.6 Å². The van der Waals surface area contributed by atoms with Crippen molar-refractivity contribution in [3.63, 3.8) is 0 Å². The molecule has 0 unspecified atom stereocenters. The van der Waals surface area contributed by atoms with Gasteiger partial charge in [0.1, 0.15) is 0 Å². The van der Waals surface area contributed by atoms with E-state index in [1.807, 2.05) is 0 Å². The van der Waals surface area contributed by atoms with Gasteiger partial charge in [0, 0.05) is 0 Å². The maximum atomic E-state index is 2.45. The Balaban J connectivity index is 1.42. The van der Waals surface area contributed by atoms with Crippen LogP contribution in [-0.4, -0.2) is 0 Å². The second-order valence-electron chi connectivity index (χ2n) is 12.4. The quantitative estimate of drug-likeness (QED) is 0.189. The molecule has 0 saturated heterocycles. The van der Waals surface area contributed by atoms with Crippen LogP contribution in [0, 0.1) is 13.8 Å². The van der Waals surface area contributed by atoms with E-state index in [-0.39, 0.29) is 0 Å². The second kappa shape index (κ2) is 8.90. The van der Waals surface area contributed by atoms with E-state index in [0.29, 0.717) is 0 Å². The summed E-state index contributed by atoms with van der Waals surface area (Å²) in [4.78, 5) is 0. The summed E-state index contributed by atoms with van der Waals surface area (Å²) in [5.74, 6) is 0. The van der Waals surface area contributed by atoms with Crippen LogP contribution in [0.25, 0.3) is 54.2 Å². The summed E-state index contributed by atoms with van der Waals surface area (Å²) in [6.45, 7) is 4.44. The number of fused-ring (bicyclic) bond motifs is 7. The molecule has 0 saturated carbocycles. The highest BCUT2D eigenvalue weighted by atomic mass is 14.5. The SMILES string of the molecule is Cc1ccc2c(c1)C(c1ccc3cc4ccccc4cc3c1)(c1ccc3cc4ccccc4cc3c1)c1cc(C)ccc1-2. The van der Waals surface area contributed by atoms with Crippen molar-refractivity contribution < 1.29 is 0 Å². The van der Waals surface area contributed by atoms with Crippen molar-refractivity contribution in [1.29, 1.82) is 0 Å². The Bertz CT molecular complexity index is 2250. The molecule has 8 aromatic rings. The first-order valence-electron chi connectivity index (χ1n) is 15.2. The number of hydrogen-bond acceptors (Lipinski definition) is 0. The highest BCUT2D eigenvalue weighted by Crippen LogP contribution is 2.57. The summed E-state index contributed by atoms with van der Waals surface area (Å²) < 4.78 is 0. The van der Waals surface area contributed by atoms with Crippen molar-refractivity contribution in [3.05, 3.63) is 179 Å². The number of benzene rings is 8. The molecule has 0 fully saturated rings. The van der Waals surface area contributed by atoms with Crippen LogP contribution in [-0.2, 0) is 5.41 Å². The van der Waals surface area contributed by atoms with E-state index >= 15 is 0 Å². The first kappa shape index (κ1) is 24.4. The molecule has 0 aliphatic heterocycles. The minimum absolute atomic E-state index is 0.442. The third-order valence-corrected chi connectivity index (χ3v) is 9.72. The molecule has 0 amide bonds. The molecule has 0 heteroatoms. The van der Waals surface area contributed by atoms with Crippen LogP contribution in [0.1, 0.15) is 33.4 Å². The maximum Gasteiger partial charge on any atom is 0.0714 e. The summed E-state index contributed by atoms with van der Waals surface area (Å²) in [5.41, 5.74) is 10.1. The largest absolute Gasteiger partial charge is 0.0714 e. The van der Waals surface area contributed by atoms with Crippen molar-refractivity contribution in [2.75, 3.05) is 0 Å². The highest BCUT2D eigenvalue weighted by molar-refractivity contribution is 6.01. The average Bonchev–Trinajstić information content (AvgIpc) is 3.31. The molecule has 0 radical (unpaired) electrons. The molecule has 0 N–H and O–H groups in total. The third kappa shape index (κ3) is 3.50. The van der Waals surface area contributed by atoms with Crippen LogP contribution < -0.4 is 0 Å². The van der Waals surface area contributed by atoms with E-state index in [9.17, 15) is 0 Å². The van der Waals surface area contributed by atoms with Crippen LogP contribution in [0.3, 0.4) is 0 Å². The molecule has 1 aliphatic rings. The molecule has 0 spiro atoms. The molecule has 1 aliphatic carbocycles. The minimum Gasteiger partial charge on any atom is -0.0616 e. The topological polar surface area (TPSA) is 0 Å². The third-order valence-electron chi connectivity index (χ3n) is 9.72. The molecule has 9 rings (SSSR count). The van der Waals surface area contributed by atoms with Crippen molar-refractivity contribution in [3.8, 4) is 11.1 Å². The molecule has 0 nitrogen and oxygen atoms in total. The fourth-order valence-corrected chi connectivity index (χ4v) is 7.69. The lowest BCUT2D eigenvalue weighted by Crippen LogP contribution is -2.28. The first-order chi connectivity index (χ1) is 21.1. The molecule has 202 valence electrons. The number of rotatable bonds is 2. The summed E-state index contributed by atoms with van der Waals surface area (Å²) >= 11 is 0. The smallest absolute Gasteiger partial charge is 0.0616 e. The lowest BCUT2D eigenvalue weighted by atomic mass is 9.66. The summed E-state index contributed by atoms with van der Waals surface area (Å²) in [7, 11) is 0. The van der Waals surface area contributed by atoms with Gasteiger partial charge in [-0.3, -0.25) is 0 Å². The molecule has 0 heterocycles. The monoisotopic (exact) mass is 546 g/mol. The predicted molar refractivity (Wildman–Crippen MR) is 183 cm³/mol. The van der Waals surface area contributed by atoms with Gasteiger partial charge in [-0.05, 0) is 127 Å². The summed E-state index contributed by atoms with van der Waals surface area (Å²) in [6, 6.07) is 55.1. The van der Waals surface area contributed by atoms with Crippen LogP contribution in [0.4, 0.5) is 0 Å². The normalized spacial score (nSPS) is 13.5. The molecular formula is C43H30. The van der Waals surface area contributed by atoms with E-state index < -0.39 is 5.41 Å². The van der Waals surface area contributed by atoms with Gasteiger partial charge in [-0.25, -0.2) is 0 Å². The Morgan fingerprint density at radius 2 is 0.698 bits per heavy atom. The maximum absolute atomic E-state index is 2.45. The number of hydrogen-bond donors (Lipinski definition) is 0. The fourth-order valence-electron chi connectivity index (χ4n) is 7.69. The Morgan fingerprint density at radius 3 is 1.12 bits per heavy atom. The highest BCUT2D eigenvalue weighted by Gasteiger charge is 2.46. The molecule has 8 aromatic carbocycles. The standard InChI is InChI=1S/C43H30/c1-27-11-17-39-40-18-12-28(2)20-42(40)43(41(39)19-27,37-15-13-33-21-29-7-3-5-9-31(29)23-35(33)25-37)38-16-14-34-22-30-8-4-6-10-32(30)24-36(34)26-38/h3-26H,1-2H3. The lowest BCUT2D eigenvalue weighted by Gasteiger charge is -2.34. The van der Waals surface area contributed by atoms with Gasteiger partial charge < -0.3 is 0 Å². The van der Waals surface area contributed by atoms with Gasteiger partial charge in [-0.15, -0.1) is 0 Å². The zero-order chi connectivity index (χ0) is 28.7. The second-order valence-corrected chi connectivity index (χ2v) is 12.4. The van der Waals surface area contributed by atoms with Gasteiger partial charge >= 0.3 is 0 Å². The van der Waals surface area contributed by atoms with Gasteiger partial charge in [0.15, 0.2) is 0 Å². The van der Waals surface area contributed by atoms with Crippen LogP contribution in [0.5, 0.6) is 0 Å². The van der Waals surface area contributed by atoms with Crippen molar-refractivity contribution in [2.24, 2.45) is 0 Å². The molecule has 0 aromatic heterocycles. The predicted octanol–water partition coefficient (Wildman–Crippen LogP) is 11.3. The number of aryl methyl sites for hydroxylation is 2. The van der Waals surface area contributed by atoms with Crippen LogP contribution in [0.2, 0.25) is 0 Å². The molecular weight excluding hydrogens is 516 g/mol. The molecule has 43 heavy (non-hydrogen) atoms. The zero-order valence-corrected chi connectivity index (χ0v) is 24.4. The van der Waals surface area contributed by atoms with Gasteiger partial charge in [0.05, 0.1) is 5.41 Å². The van der Waals surface area contributed by atoms with Gasteiger partial charge in [0.25, 0.3) is 0 Å². The minimum atomic E-state index is -0.442. The van der Waals surface area contributed by atoms with Gasteiger partial charge in [0.2, 0.25) is 0 Å². The molecule has 0 bridgehead atoms. The molecule has 0 atom stereocenters. The van der Waals surface area contributed by atoms with E-state index in [4.69, 9.17) is 0 Å². The van der Waals surface area contributed by atoms with Gasteiger partial charge in [-0.1, -0.05) is 120 Å². The average molecular weight is 547 g/mol. The fraction of sp³-hybridized carbons (Fsp3) is 0.0698. The summed E-state index contributed by atoms with van der Waals surface area (Å²) in [5, 5.41) is 10.2. The van der Waals surface area contributed by atoms with E-state index in [2.05, 4.69) is 159 Å². The summed E-state index contributed by atoms with van der Waals surface area (Å²) in [6.07, 6.45) is 0. The van der Waals surface area contributed by atoms with Crippen LogP contribution >= 0.6 is 0 Å². The van der Waals surface area contributed by atoms with E-state index in [0.717, 1.165) is 0 Å². The Hall–Kier alpha value is -5.20. The first-order valence-corrected chi connectivity index (χ1v) is 15.2. The lowest BCUT2D eigenvalue weighted by molar-refractivity contribution is 0.769. The van der Waals surface area contributed by atoms with Crippen molar-refractivity contribution in [1.82, 2.24) is 0 Å². The van der Waals surface area contributed by atoms with Crippen molar-refractivity contribution >= 4 is 43.1 Å². The van der Waals surface area contributed by atoms with Crippen molar-refractivity contribution in [2.45, 2.75) is 19.3 Å². The van der Waals surface area contributed by atoms with E-state index in [1.54, 1.807) is 0 Å². The Morgan fingerprint density at radius 1 is 0.326 bits per heavy atom. The van der Waals surface area contributed by atoms with Crippen LogP contribution in [0.15, 0.2) is 146 Å². The van der Waals surface area contributed by atoms with Gasteiger partial charge in [-0.2, -0.15) is 0 Å². The Labute approximate surface area is 251 Å². The zero-order valence-electron chi connectivity index (χ0n) is 24.4.